The first kappa shape index (κ1) is 11.9. The third-order valence-electron chi connectivity index (χ3n) is 3.40. The van der Waals surface area contributed by atoms with Gasteiger partial charge in [0, 0.05) is 0 Å². The van der Waals surface area contributed by atoms with Crippen molar-refractivity contribution in [3.8, 4) is 11.1 Å². The molecule has 1 nitrogen and oxygen atoms in total. The number of hydrogen-bond acceptors (Lipinski definition) is 1. The third kappa shape index (κ3) is 2.40. The van der Waals surface area contributed by atoms with E-state index in [9.17, 15) is 0 Å². The van der Waals surface area contributed by atoms with Crippen LogP contribution in [-0.4, -0.2) is 5.11 Å². The van der Waals surface area contributed by atoms with Crippen LogP contribution < -0.4 is 0 Å². The lowest BCUT2D eigenvalue weighted by Gasteiger charge is -2.09. The summed E-state index contributed by atoms with van der Waals surface area (Å²) in [5, 5.41) is 9.02. The molecule has 0 radical (unpaired) electrons. The fourth-order valence-electron chi connectivity index (χ4n) is 2.00. The standard InChI is InChI=1S/C16H18O/c1-11-8-16(9-12(2)13(11)3)15-6-4-14(10-17)5-7-15/h4-9,17H,10H2,1-3H3. The van der Waals surface area contributed by atoms with Crippen LogP contribution in [0, 0.1) is 20.8 Å². The summed E-state index contributed by atoms with van der Waals surface area (Å²) in [5.41, 5.74) is 7.41. The highest BCUT2D eigenvalue weighted by Gasteiger charge is 2.03. The van der Waals surface area contributed by atoms with Crippen molar-refractivity contribution in [3.05, 3.63) is 58.7 Å². The Kier molecular flexibility index (Phi) is 3.30. The number of aliphatic hydroxyl groups is 1. The second-order valence-electron chi connectivity index (χ2n) is 4.59. The van der Waals surface area contributed by atoms with E-state index >= 15 is 0 Å². The summed E-state index contributed by atoms with van der Waals surface area (Å²) in [5.74, 6) is 0. The van der Waals surface area contributed by atoms with E-state index in [0.29, 0.717) is 0 Å². The van der Waals surface area contributed by atoms with E-state index in [1.54, 1.807) is 0 Å². The van der Waals surface area contributed by atoms with Crippen molar-refractivity contribution in [1.29, 1.82) is 0 Å². The molecule has 17 heavy (non-hydrogen) atoms. The Hall–Kier alpha value is -1.60. The number of benzene rings is 2. The predicted octanol–water partition coefficient (Wildman–Crippen LogP) is 3.77. The molecule has 0 atom stereocenters. The smallest absolute Gasteiger partial charge is 0.0681 e. The monoisotopic (exact) mass is 226 g/mol. The van der Waals surface area contributed by atoms with Gasteiger partial charge in [-0.15, -0.1) is 0 Å². The van der Waals surface area contributed by atoms with Gasteiger partial charge >= 0.3 is 0 Å². The van der Waals surface area contributed by atoms with Gasteiger partial charge in [0.1, 0.15) is 0 Å². The van der Waals surface area contributed by atoms with Gasteiger partial charge < -0.3 is 5.11 Å². The van der Waals surface area contributed by atoms with Crippen LogP contribution in [0.25, 0.3) is 11.1 Å². The highest BCUT2D eigenvalue weighted by Crippen LogP contribution is 2.25. The Bertz CT molecular complexity index is 501. The van der Waals surface area contributed by atoms with Crippen molar-refractivity contribution >= 4 is 0 Å². The van der Waals surface area contributed by atoms with Gasteiger partial charge in [0.05, 0.1) is 6.61 Å². The van der Waals surface area contributed by atoms with Crippen molar-refractivity contribution in [2.75, 3.05) is 0 Å². The average Bonchev–Trinajstić information content (AvgIpc) is 2.35. The second-order valence-corrected chi connectivity index (χ2v) is 4.59. The Morgan fingerprint density at radius 3 is 1.82 bits per heavy atom. The first-order valence-corrected chi connectivity index (χ1v) is 5.90. The molecule has 0 fully saturated rings. The summed E-state index contributed by atoms with van der Waals surface area (Å²) in [4.78, 5) is 0. The van der Waals surface area contributed by atoms with Gasteiger partial charge in [-0.1, -0.05) is 36.4 Å². The maximum atomic E-state index is 9.02. The van der Waals surface area contributed by atoms with Crippen LogP contribution in [0.1, 0.15) is 22.3 Å². The van der Waals surface area contributed by atoms with E-state index in [1.807, 2.05) is 12.1 Å². The number of hydrogen-bond donors (Lipinski definition) is 1. The van der Waals surface area contributed by atoms with Gasteiger partial charge in [-0.25, -0.2) is 0 Å². The summed E-state index contributed by atoms with van der Waals surface area (Å²) < 4.78 is 0. The molecular formula is C16H18O. The fourth-order valence-corrected chi connectivity index (χ4v) is 2.00. The fraction of sp³-hybridized carbons (Fsp3) is 0.250. The van der Waals surface area contributed by atoms with E-state index in [0.717, 1.165) is 5.56 Å². The van der Waals surface area contributed by atoms with Crippen LogP contribution >= 0.6 is 0 Å². The lowest BCUT2D eigenvalue weighted by molar-refractivity contribution is 0.282. The largest absolute Gasteiger partial charge is 0.392 e. The van der Waals surface area contributed by atoms with Crippen molar-refractivity contribution in [1.82, 2.24) is 0 Å². The minimum atomic E-state index is 0.103. The zero-order chi connectivity index (χ0) is 12.4. The molecular weight excluding hydrogens is 208 g/mol. The zero-order valence-corrected chi connectivity index (χ0v) is 10.6. The van der Waals surface area contributed by atoms with Crippen LogP contribution in [0.5, 0.6) is 0 Å². The lowest BCUT2D eigenvalue weighted by atomic mass is 9.96. The number of aliphatic hydroxyl groups excluding tert-OH is 1. The molecule has 0 aliphatic carbocycles. The van der Waals surface area contributed by atoms with Crippen molar-refractivity contribution in [3.63, 3.8) is 0 Å². The molecule has 0 aliphatic rings. The highest BCUT2D eigenvalue weighted by molar-refractivity contribution is 5.66. The molecule has 0 unspecified atom stereocenters. The molecule has 0 aromatic heterocycles. The molecule has 0 bridgehead atoms. The molecule has 2 aromatic carbocycles. The van der Waals surface area contributed by atoms with Gasteiger partial charge in [0.15, 0.2) is 0 Å². The van der Waals surface area contributed by atoms with E-state index in [2.05, 4.69) is 45.0 Å². The lowest BCUT2D eigenvalue weighted by Crippen LogP contribution is -1.89. The Balaban J connectivity index is 2.45. The zero-order valence-electron chi connectivity index (χ0n) is 10.6. The van der Waals surface area contributed by atoms with Gasteiger partial charge in [0.2, 0.25) is 0 Å². The molecule has 0 heterocycles. The Morgan fingerprint density at radius 1 is 0.824 bits per heavy atom. The Labute approximate surface area is 103 Å². The third-order valence-corrected chi connectivity index (χ3v) is 3.40. The van der Waals surface area contributed by atoms with E-state index < -0.39 is 0 Å². The summed E-state index contributed by atoms with van der Waals surface area (Å²) in [7, 11) is 0. The summed E-state index contributed by atoms with van der Waals surface area (Å²) in [6.07, 6.45) is 0. The van der Waals surface area contributed by atoms with Crippen molar-refractivity contribution < 1.29 is 5.11 Å². The minimum Gasteiger partial charge on any atom is -0.392 e. The summed E-state index contributed by atoms with van der Waals surface area (Å²) in [6.45, 7) is 6.55. The molecule has 0 saturated heterocycles. The van der Waals surface area contributed by atoms with E-state index in [4.69, 9.17) is 5.11 Å². The second kappa shape index (κ2) is 4.72. The molecule has 2 rings (SSSR count). The minimum absolute atomic E-state index is 0.103. The van der Waals surface area contributed by atoms with Crippen molar-refractivity contribution in [2.24, 2.45) is 0 Å². The topological polar surface area (TPSA) is 20.2 Å². The molecule has 0 aliphatic heterocycles. The van der Waals surface area contributed by atoms with Gasteiger partial charge in [-0.3, -0.25) is 0 Å². The SMILES string of the molecule is Cc1cc(-c2ccc(CO)cc2)cc(C)c1C. The molecule has 0 saturated carbocycles. The van der Waals surface area contributed by atoms with E-state index in [1.165, 1.54) is 27.8 Å². The van der Waals surface area contributed by atoms with Gasteiger partial charge in [-0.05, 0) is 54.2 Å². The van der Waals surface area contributed by atoms with Crippen LogP contribution in [0.2, 0.25) is 0 Å². The van der Waals surface area contributed by atoms with Gasteiger partial charge in [-0.2, -0.15) is 0 Å². The maximum absolute atomic E-state index is 9.02. The normalized spacial score (nSPS) is 10.6. The number of rotatable bonds is 2. The quantitative estimate of drug-likeness (QED) is 0.826. The summed E-state index contributed by atoms with van der Waals surface area (Å²) >= 11 is 0. The molecule has 0 amide bonds. The predicted molar refractivity (Wildman–Crippen MR) is 72.0 cm³/mol. The van der Waals surface area contributed by atoms with Crippen LogP contribution in [-0.2, 0) is 6.61 Å². The Morgan fingerprint density at radius 2 is 1.35 bits per heavy atom. The molecule has 1 N–H and O–H groups in total. The van der Waals surface area contributed by atoms with Crippen LogP contribution in [0.4, 0.5) is 0 Å². The highest BCUT2D eigenvalue weighted by atomic mass is 16.3. The number of aryl methyl sites for hydroxylation is 2. The average molecular weight is 226 g/mol. The molecule has 1 heteroatoms. The first-order valence-electron chi connectivity index (χ1n) is 5.90. The maximum Gasteiger partial charge on any atom is 0.0681 e. The van der Waals surface area contributed by atoms with Crippen LogP contribution in [0.3, 0.4) is 0 Å². The van der Waals surface area contributed by atoms with Crippen molar-refractivity contribution in [2.45, 2.75) is 27.4 Å². The molecule has 88 valence electrons. The van der Waals surface area contributed by atoms with E-state index in [-0.39, 0.29) is 6.61 Å². The summed E-state index contributed by atoms with van der Waals surface area (Å²) in [6, 6.07) is 12.5. The molecule has 0 spiro atoms. The van der Waals surface area contributed by atoms with Crippen LogP contribution in [0.15, 0.2) is 36.4 Å². The molecule has 2 aromatic rings. The first-order chi connectivity index (χ1) is 8.11. The van der Waals surface area contributed by atoms with Gasteiger partial charge in [0.25, 0.3) is 0 Å².